The molecule has 0 bridgehead atoms. The van der Waals surface area contributed by atoms with Gasteiger partial charge < -0.3 is 9.47 Å². The van der Waals surface area contributed by atoms with Crippen LogP contribution in [0.15, 0.2) is 115 Å². The van der Waals surface area contributed by atoms with Crippen molar-refractivity contribution < 1.29 is 9.47 Å². The molecule has 0 saturated carbocycles. The summed E-state index contributed by atoms with van der Waals surface area (Å²) in [6, 6.07) is 38.4. The second-order valence-electron chi connectivity index (χ2n) is 7.74. The number of aromatic amines is 1. The van der Waals surface area contributed by atoms with Gasteiger partial charge in [-0.15, -0.1) is 0 Å². The Bertz CT molecular complexity index is 1300. The Balaban J connectivity index is 1.41. The van der Waals surface area contributed by atoms with Crippen LogP contribution in [0.2, 0.25) is 0 Å². The Labute approximate surface area is 193 Å². The minimum absolute atomic E-state index is 0.460. The smallest absolute Gasteiger partial charge is 0.162 e. The van der Waals surface area contributed by atoms with Gasteiger partial charge in [0.1, 0.15) is 13.2 Å². The van der Waals surface area contributed by atoms with E-state index < -0.39 is 0 Å². The second-order valence-corrected chi connectivity index (χ2v) is 7.74. The summed E-state index contributed by atoms with van der Waals surface area (Å²) < 4.78 is 12.3. The highest BCUT2D eigenvalue weighted by molar-refractivity contribution is 5.70. The molecule has 0 amide bonds. The minimum atomic E-state index is 0.460. The van der Waals surface area contributed by atoms with Gasteiger partial charge in [0.15, 0.2) is 11.5 Å². The molecular formula is C29H24N2O2. The summed E-state index contributed by atoms with van der Waals surface area (Å²) in [7, 11) is 0. The van der Waals surface area contributed by atoms with Crippen molar-refractivity contribution in [2.24, 2.45) is 0 Å². The van der Waals surface area contributed by atoms with E-state index in [0.717, 1.165) is 33.6 Å². The fourth-order valence-electron chi connectivity index (χ4n) is 3.61. The standard InChI is InChI=1S/C29H24N2O2/c1-4-10-22(11-5-1)20-32-28-17-16-25(18-29(28)33-21-23-12-6-2-7-13-23)27-19-26(30-31-27)24-14-8-3-9-15-24/h1-19H,20-21H2,(H,30,31). The zero-order valence-corrected chi connectivity index (χ0v) is 18.1. The Kier molecular flexibility index (Phi) is 6.16. The van der Waals surface area contributed by atoms with Gasteiger partial charge in [0, 0.05) is 5.56 Å². The third-order valence-electron chi connectivity index (χ3n) is 5.38. The summed E-state index contributed by atoms with van der Waals surface area (Å²) in [4.78, 5) is 0. The average Bonchev–Trinajstić information content (AvgIpc) is 3.39. The number of nitrogens with zero attached hydrogens (tertiary/aromatic N) is 1. The third-order valence-corrected chi connectivity index (χ3v) is 5.38. The van der Waals surface area contributed by atoms with Gasteiger partial charge in [-0.1, -0.05) is 91.0 Å². The maximum absolute atomic E-state index is 6.20. The van der Waals surface area contributed by atoms with E-state index in [1.165, 1.54) is 0 Å². The molecule has 1 aromatic heterocycles. The molecule has 0 aliphatic carbocycles. The van der Waals surface area contributed by atoms with Crippen LogP contribution in [0, 0.1) is 0 Å². The number of nitrogens with one attached hydrogen (secondary N) is 1. The van der Waals surface area contributed by atoms with Crippen LogP contribution in [0.1, 0.15) is 11.1 Å². The third kappa shape index (κ3) is 5.13. The van der Waals surface area contributed by atoms with Crippen LogP contribution in [-0.4, -0.2) is 10.2 Å². The van der Waals surface area contributed by atoms with Crippen molar-refractivity contribution in [2.45, 2.75) is 13.2 Å². The summed E-state index contributed by atoms with van der Waals surface area (Å²) >= 11 is 0. The van der Waals surface area contributed by atoms with Crippen LogP contribution in [0.3, 0.4) is 0 Å². The molecule has 5 rings (SSSR count). The monoisotopic (exact) mass is 432 g/mol. The maximum atomic E-state index is 6.20. The highest BCUT2D eigenvalue weighted by Crippen LogP contribution is 2.34. The van der Waals surface area contributed by atoms with Gasteiger partial charge in [-0.2, -0.15) is 5.10 Å². The zero-order chi connectivity index (χ0) is 22.3. The van der Waals surface area contributed by atoms with E-state index in [-0.39, 0.29) is 0 Å². The molecule has 0 aliphatic heterocycles. The lowest BCUT2D eigenvalue weighted by Gasteiger charge is -2.14. The van der Waals surface area contributed by atoms with Crippen LogP contribution in [0.4, 0.5) is 0 Å². The summed E-state index contributed by atoms with van der Waals surface area (Å²) in [5.74, 6) is 1.40. The van der Waals surface area contributed by atoms with Crippen LogP contribution in [0.25, 0.3) is 22.5 Å². The number of aromatic nitrogens is 2. The summed E-state index contributed by atoms with van der Waals surface area (Å²) in [6.45, 7) is 0.935. The van der Waals surface area contributed by atoms with Crippen LogP contribution in [0.5, 0.6) is 11.5 Å². The molecule has 1 N–H and O–H groups in total. The van der Waals surface area contributed by atoms with Gasteiger partial charge in [0.2, 0.25) is 0 Å². The number of rotatable bonds is 8. The highest BCUT2D eigenvalue weighted by atomic mass is 16.5. The lowest BCUT2D eigenvalue weighted by molar-refractivity contribution is 0.256. The largest absolute Gasteiger partial charge is 0.485 e. The first-order valence-corrected chi connectivity index (χ1v) is 10.9. The average molecular weight is 433 g/mol. The SMILES string of the molecule is c1ccc(COc2ccc(-c3cc(-c4ccccc4)[nH]n3)cc2OCc2ccccc2)cc1. The van der Waals surface area contributed by atoms with Gasteiger partial charge >= 0.3 is 0 Å². The molecule has 162 valence electrons. The Morgan fingerprint density at radius 2 is 1.12 bits per heavy atom. The Morgan fingerprint density at radius 1 is 0.545 bits per heavy atom. The van der Waals surface area contributed by atoms with Crippen molar-refractivity contribution in [3.63, 3.8) is 0 Å². The normalized spacial score (nSPS) is 10.7. The Morgan fingerprint density at radius 3 is 1.76 bits per heavy atom. The quantitative estimate of drug-likeness (QED) is 0.290. The van der Waals surface area contributed by atoms with Crippen molar-refractivity contribution in [2.75, 3.05) is 0 Å². The predicted octanol–water partition coefficient (Wildman–Crippen LogP) is 6.90. The number of hydrogen-bond acceptors (Lipinski definition) is 3. The minimum Gasteiger partial charge on any atom is -0.485 e. The van der Waals surface area contributed by atoms with E-state index in [0.29, 0.717) is 24.7 Å². The van der Waals surface area contributed by atoms with Crippen LogP contribution >= 0.6 is 0 Å². The van der Waals surface area contributed by atoms with E-state index >= 15 is 0 Å². The van der Waals surface area contributed by atoms with Gasteiger partial charge in [-0.3, -0.25) is 5.10 Å². The Hall–Kier alpha value is -4.31. The first-order chi connectivity index (χ1) is 16.3. The molecule has 0 fully saturated rings. The molecule has 4 heteroatoms. The van der Waals surface area contributed by atoms with Gasteiger partial charge in [-0.05, 0) is 41.0 Å². The molecule has 0 saturated heterocycles. The van der Waals surface area contributed by atoms with Gasteiger partial charge in [0.05, 0.1) is 11.4 Å². The second kappa shape index (κ2) is 9.88. The lowest BCUT2D eigenvalue weighted by Crippen LogP contribution is -2.01. The van der Waals surface area contributed by atoms with Crippen molar-refractivity contribution in [1.82, 2.24) is 10.2 Å². The fourth-order valence-corrected chi connectivity index (χ4v) is 3.61. The number of H-pyrrole nitrogens is 1. The van der Waals surface area contributed by atoms with Gasteiger partial charge in [0.25, 0.3) is 0 Å². The molecule has 1 heterocycles. The van der Waals surface area contributed by atoms with Crippen molar-refractivity contribution in [1.29, 1.82) is 0 Å². The van der Waals surface area contributed by atoms with E-state index in [1.807, 2.05) is 97.1 Å². The van der Waals surface area contributed by atoms with Crippen LogP contribution in [-0.2, 0) is 13.2 Å². The molecule has 4 aromatic carbocycles. The lowest BCUT2D eigenvalue weighted by atomic mass is 10.1. The van der Waals surface area contributed by atoms with Crippen molar-refractivity contribution in [3.05, 3.63) is 126 Å². The van der Waals surface area contributed by atoms with Gasteiger partial charge in [-0.25, -0.2) is 0 Å². The highest BCUT2D eigenvalue weighted by Gasteiger charge is 2.12. The number of ether oxygens (including phenoxy) is 2. The number of hydrogen-bond donors (Lipinski definition) is 1. The molecule has 0 aliphatic rings. The molecule has 0 spiro atoms. The molecular weight excluding hydrogens is 408 g/mol. The summed E-state index contributed by atoms with van der Waals surface area (Å²) in [5.41, 5.74) is 6.09. The van der Waals surface area contributed by atoms with E-state index in [4.69, 9.17) is 9.47 Å². The molecule has 4 nitrogen and oxygen atoms in total. The van der Waals surface area contributed by atoms with E-state index in [2.05, 4.69) is 28.4 Å². The fraction of sp³-hybridized carbons (Fsp3) is 0.0690. The first-order valence-electron chi connectivity index (χ1n) is 10.9. The molecule has 0 atom stereocenters. The van der Waals surface area contributed by atoms with E-state index in [1.54, 1.807) is 0 Å². The molecule has 0 unspecified atom stereocenters. The predicted molar refractivity (Wildman–Crippen MR) is 131 cm³/mol. The van der Waals surface area contributed by atoms with Crippen molar-refractivity contribution in [3.8, 4) is 34.0 Å². The summed E-state index contributed by atoms with van der Waals surface area (Å²) in [5, 5.41) is 7.66. The number of benzene rings is 4. The van der Waals surface area contributed by atoms with Crippen LogP contribution < -0.4 is 9.47 Å². The molecule has 0 radical (unpaired) electrons. The molecule has 5 aromatic rings. The molecule has 33 heavy (non-hydrogen) atoms. The van der Waals surface area contributed by atoms with Crippen molar-refractivity contribution >= 4 is 0 Å². The zero-order valence-electron chi connectivity index (χ0n) is 18.1. The summed E-state index contributed by atoms with van der Waals surface area (Å²) in [6.07, 6.45) is 0. The maximum Gasteiger partial charge on any atom is 0.162 e. The van der Waals surface area contributed by atoms with E-state index in [9.17, 15) is 0 Å². The topological polar surface area (TPSA) is 47.1 Å². The first kappa shape index (κ1) is 20.6.